The lowest BCUT2D eigenvalue weighted by Crippen LogP contribution is -2.09. The van der Waals surface area contributed by atoms with Gasteiger partial charge in [-0.3, -0.25) is 4.79 Å². The third-order valence-electron chi connectivity index (χ3n) is 2.87. The van der Waals surface area contributed by atoms with Gasteiger partial charge in [0.1, 0.15) is 6.07 Å². The van der Waals surface area contributed by atoms with Crippen LogP contribution in [-0.2, 0) is 16.0 Å². The minimum atomic E-state index is -0.471. The van der Waals surface area contributed by atoms with Crippen molar-refractivity contribution in [2.24, 2.45) is 0 Å². The number of nitriles is 1. The highest BCUT2D eigenvalue weighted by atomic mass is 35.5. The quantitative estimate of drug-likeness (QED) is 0.826. The van der Waals surface area contributed by atoms with E-state index in [9.17, 15) is 4.79 Å². The average Bonchev–Trinajstić information content (AvgIpc) is 2.50. The minimum absolute atomic E-state index is 0.0485. The lowest BCUT2D eigenvalue weighted by molar-refractivity contribution is -0.141. The summed E-state index contributed by atoms with van der Waals surface area (Å²) in [5.74, 6) is -0.471. The molecule has 0 atom stereocenters. The molecule has 6 heteroatoms. The van der Waals surface area contributed by atoms with Gasteiger partial charge in [-0.2, -0.15) is 5.26 Å². The topological polar surface area (TPSA) is 62.1 Å². The molecule has 0 aliphatic carbocycles. The summed E-state index contributed by atoms with van der Waals surface area (Å²) in [6.07, 6.45) is 0.0485. The van der Waals surface area contributed by atoms with Crippen molar-refractivity contribution in [2.75, 3.05) is 11.9 Å². The molecule has 0 heterocycles. The molecule has 0 bridgehead atoms. The van der Waals surface area contributed by atoms with Crippen LogP contribution in [0.2, 0.25) is 10.0 Å². The van der Waals surface area contributed by atoms with Gasteiger partial charge in [0.2, 0.25) is 0 Å². The summed E-state index contributed by atoms with van der Waals surface area (Å²) >= 11 is 12.3. The van der Waals surface area contributed by atoms with E-state index in [-0.39, 0.29) is 13.0 Å². The van der Waals surface area contributed by atoms with E-state index in [1.165, 1.54) is 0 Å². The molecule has 22 heavy (non-hydrogen) atoms. The predicted molar refractivity (Wildman–Crippen MR) is 86.5 cm³/mol. The van der Waals surface area contributed by atoms with Crippen molar-refractivity contribution in [3.63, 3.8) is 0 Å². The van der Waals surface area contributed by atoms with Crippen LogP contribution in [0.15, 0.2) is 42.5 Å². The summed E-state index contributed by atoms with van der Waals surface area (Å²) < 4.78 is 4.77. The monoisotopic (exact) mass is 334 g/mol. The number of esters is 1. The summed E-state index contributed by atoms with van der Waals surface area (Å²) in [7, 11) is 0. The number of carbonyl (C=O) groups is 1. The van der Waals surface area contributed by atoms with Gasteiger partial charge in [-0.15, -0.1) is 0 Å². The fourth-order valence-corrected chi connectivity index (χ4v) is 2.36. The van der Waals surface area contributed by atoms with Crippen LogP contribution in [0.3, 0.4) is 0 Å². The van der Waals surface area contributed by atoms with E-state index in [1.54, 1.807) is 30.3 Å². The molecule has 0 saturated carbocycles. The predicted octanol–water partition coefficient (Wildman–Crippen LogP) is 4.35. The lowest BCUT2D eigenvalue weighted by atomic mass is 10.1. The van der Waals surface area contributed by atoms with Crippen molar-refractivity contribution >= 4 is 40.5 Å². The van der Waals surface area contributed by atoms with Crippen LogP contribution in [0.4, 0.5) is 11.4 Å². The number of hydrogen-bond acceptors (Lipinski definition) is 4. The summed E-state index contributed by atoms with van der Waals surface area (Å²) in [5.41, 5.74) is 2.00. The number of hydrogen-bond donors (Lipinski definition) is 1. The second-order valence-electron chi connectivity index (χ2n) is 4.37. The van der Waals surface area contributed by atoms with Gasteiger partial charge in [0, 0.05) is 5.69 Å². The van der Waals surface area contributed by atoms with Crippen molar-refractivity contribution in [3.05, 3.63) is 58.1 Å². The second kappa shape index (κ2) is 7.69. The molecule has 1 N–H and O–H groups in total. The maximum absolute atomic E-state index is 11.7. The van der Waals surface area contributed by atoms with Crippen molar-refractivity contribution in [1.29, 1.82) is 5.26 Å². The molecule has 0 saturated heterocycles. The van der Waals surface area contributed by atoms with Gasteiger partial charge >= 0.3 is 5.97 Å². The van der Waals surface area contributed by atoms with Crippen LogP contribution >= 0.6 is 23.2 Å². The second-order valence-corrected chi connectivity index (χ2v) is 5.19. The Morgan fingerprint density at radius 3 is 2.50 bits per heavy atom. The summed E-state index contributed by atoms with van der Waals surface area (Å²) in [6.45, 7) is -0.259. The zero-order valence-electron chi connectivity index (χ0n) is 11.5. The Morgan fingerprint density at radius 1 is 1.14 bits per heavy atom. The first-order chi connectivity index (χ1) is 10.6. The third-order valence-corrected chi connectivity index (χ3v) is 3.50. The standard InChI is InChI=1S/C16H12Cl2N2O2/c17-12-5-3-6-13(18)16(12)20-14-7-2-1-4-11(14)10-15(21)22-9-8-19/h1-7,20H,9-10H2. The molecule has 0 aliphatic heterocycles. The van der Waals surface area contributed by atoms with Gasteiger partial charge in [-0.1, -0.05) is 47.5 Å². The van der Waals surface area contributed by atoms with Crippen molar-refractivity contribution in [2.45, 2.75) is 6.42 Å². The SMILES string of the molecule is N#CCOC(=O)Cc1ccccc1Nc1c(Cl)cccc1Cl. The average molecular weight is 335 g/mol. The van der Waals surface area contributed by atoms with Crippen LogP contribution in [0, 0.1) is 11.3 Å². The van der Waals surface area contributed by atoms with E-state index < -0.39 is 5.97 Å². The first kappa shape index (κ1) is 16.2. The van der Waals surface area contributed by atoms with Gasteiger partial charge < -0.3 is 10.1 Å². The van der Waals surface area contributed by atoms with E-state index in [1.807, 2.05) is 18.2 Å². The fourth-order valence-electron chi connectivity index (χ4n) is 1.87. The van der Waals surface area contributed by atoms with Crippen LogP contribution in [0.5, 0.6) is 0 Å². The first-order valence-electron chi connectivity index (χ1n) is 6.43. The molecule has 2 aromatic rings. The number of carbonyl (C=O) groups excluding carboxylic acids is 1. The molecule has 112 valence electrons. The molecule has 0 unspecified atom stereocenters. The zero-order chi connectivity index (χ0) is 15.9. The number of nitrogens with one attached hydrogen (secondary N) is 1. The molecule has 0 spiro atoms. The Morgan fingerprint density at radius 2 is 1.82 bits per heavy atom. The van der Waals surface area contributed by atoms with E-state index in [4.69, 9.17) is 33.2 Å². The number of ether oxygens (including phenoxy) is 1. The maximum Gasteiger partial charge on any atom is 0.311 e. The Kier molecular flexibility index (Phi) is 5.65. The maximum atomic E-state index is 11.7. The smallest absolute Gasteiger partial charge is 0.311 e. The van der Waals surface area contributed by atoms with Crippen LogP contribution in [-0.4, -0.2) is 12.6 Å². The van der Waals surface area contributed by atoms with Gasteiger partial charge in [0.25, 0.3) is 0 Å². The summed E-state index contributed by atoms with van der Waals surface area (Å²) in [5, 5.41) is 12.5. The molecular formula is C16H12Cl2N2O2. The number of rotatable bonds is 5. The number of para-hydroxylation sites is 2. The van der Waals surface area contributed by atoms with E-state index in [2.05, 4.69) is 5.32 Å². The van der Waals surface area contributed by atoms with Gasteiger partial charge in [0.15, 0.2) is 6.61 Å². The minimum Gasteiger partial charge on any atom is -0.450 e. The normalized spacial score (nSPS) is 9.86. The fraction of sp³-hybridized carbons (Fsp3) is 0.125. The number of benzene rings is 2. The Bertz CT molecular complexity index is 706. The highest BCUT2D eigenvalue weighted by Gasteiger charge is 2.11. The first-order valence-corrected chi connectivity index (χ1v) is 7.19. The highest BCUT2D eigenvalue weighted by Crippen LogP contribution is 2.33. The molecule has 0 fully saturated rings. The number of anilines is 2. The number of halogens is 2. The molecule has 4 nitrogen and oxygen atoms in total. The van der Waals surface area contributed by atoms with Crippen molar-refractivity contribution in [1.82, 2.24) is 0 Å². The molecular weight excluding hydrogens is 323 g/mol. The Hall–Kier alpha value is -2.22. The molecule has 0 radical (unpaired) electrons. The molecule has 2 rings (SSSR count). The van der Waals surface area contributed by atoms with Gasteiger partial charge in [-0.05, 0) is 23.8 Å². The van der Waals surface area contributed by atoms with Crippen LogP contribution in [0.1, 0.15) is 5.56 Å². The van der Waals surface area contributed by atoms with Crippen LogP contribution < -0.4 is 5.32 Å². The molecule has 0 aliphatic rings. The Balaban J connectivity index is 2.22. The van der Waals surface area contributed by atoms with Gasteiger partial charge in [-0.25, -0.2) is 0 Å². The third kappa shape index (κ3) is 4.14. The van der Waals surface area contributed by atoms with Gasteiger partial charge in [0.05, 0.1) is 22.2 Å². The van der Waals surface area contributed by atoms with Crippen molar-refractivity contribution in [3.8, 4) is 6.07 Å². The van der Waals surface area contributed by atoms with E-state index >= 15 is 0 Å². The van der Waals surface area contributed by atoms with Crippen molar-refractivity contribution < 1.29 is 9.53 Å². The lowest BCUT2D eigenvalue weighted by Gasteiger charge is -2.14. The van der Waals surface area contributed by atoms with E-state index in [0.717, 1.165) is 5.56 Å². The summed E-state index contributed by atoms with van der Waals surface area (Å²) in [6, 6.07) is 14.2. The molecule has 0 aromatic heterocycles. The van der Waals surface area contributed by atoms with Crippen LogP contribution in [0.25, 0.3) is 0 Å². The molecule has 0 amide bonds. The largest absolute Gasteiger partial charge is 0.450 e. The highest BCUT2D eigenvalue weighted by molar-refractivity contribution is 6.39. The number of nitrogens with zero attached hydrogens (tertiary/aromatic N) is 1. The summed E-state index contributed by atoms with van der Waals surface area (Å²) in [4.78, 5) is 11.7. The zero-order valence-corrected chi connectivity index (χ0v) is 13.0. The Labute approximate surface area is 138 Å². The molecule has 2 aromatic carbocycles. The van der Waals surface area contributed by atoms with E-state index in [0.29, 0.717) is 21.4 Å².